The average molecular weight is 282 g/mol. The van der Waals surface area contributed by atoms with Crippen LogP contribution in [0.4, 0.5) is 5.00 Å². The first-order valence-electron chi connectivity index (χ1n) is 6.73. The van der Waals surface area contributed by atoms with E-state index in [1.807, 2.05) is 30.3 Å². The van der Waals surface area contributed by atoms with Gasteiger partial charge in [-0.3, -0.25) is 0 Å². The number of hydrogen-bond acceptors (Lipinski definition) is 4. The predicted molar refractivity (Wildman–Crippen MR) is 82.7 cm³/mol. The topological polar surface area (TPSA) is 34.2 Å². The van der Waals surface area contributed by atoms with Crippen molar-refractivity contribution < 1.29 is 4.74 Å². The number of nitrogens with zero attached hydrogens (tertiary/aromatic N) is 1. The Labute approximate surface area is 121 Å². The van der Waals surface area contributed by atoms with Crippen LogP contribution in [0.25, 0.3) is 10.9 Å². The van der Waals surface area contributed by atoms with E-state index in [2.05, 4.69) is 27.9 Å². The fourth-order valence-corrected chi connectivity index (χ4v) is 3.36. The van der Waals surface area contributed by atoms with E-state index >= 15 is 0 Å². The van der Waals surface area contributed by atoms with Crippen molar-refractivity contribution in [3.8, 4) is 5.75 Å². The summed E-state index contributed by atoms with van der Waals surface area (Å²) in [5, 5.41) is 5.79. The maximum Gasteiger partial charge on any atom is 0.123 e. The molecule has 0 spiro atoms. The number of benzene rings is 2. The quantitative estimate of drug-likeness (QED) is 0.795. The van der Waals surface area contributed by atoms with Gasteiger partial charge in [-0.05, 0) is 35.3 Å². The molecular weight excluding hydrogens is 268 g/mol. The molecule has 0 aliphatic carbocycles. The maximum absolute atomic E-state index is 5.94. The summed E-state index contributed by atoms with van der Waals surface area (Å²) in [6.07, 6.45) is 1.17. The number of aromatic nitrogens is 1. The zero-order valence-corrected chi connectivity index (χ0v) is 11.7. The lowest BCUT2D eigenvalue weighted by molar-refractivity contribution is 0.246. The van der Waals surface area contributed by atoms with E-state index in [4.69, 9.17) is 4.74 Å². The first-order chi connectivity index (χ1) is 9.90. The Kier molecular flexibility index (Phi) is 2.81. The summed E-state index contributed by atoms with van der Waals surface area (Å²) >= 11 is 1.51. The van der Waals surface area contributed by atoms with Crippen molar-refractivity contribution in [2.24, 2.45) is 0 Å². The molecule has 0 saturated carbocycles. The monoisotopic (exact) mass is 282 g/mol. The molecule has 100 valence electrons. The molecule has 0 radical (unpaired) electrons. The lowest BCUT2D eigenvalue weighted by atomic mass is 10.1. The number of nitrogens with one attached hydrogen (secondary N) is 1. The molecule has 2 heterocycles. The van der Waals surface area contributed by atoms with E-state index in [1.165, 1.54) is 22.5 Å². The molecular formula is C16H14N2OS. The van der Waals surface area contributed by atoms with Crippen molar-refractivity contribution in [2.75, 3.05) is 11.9 Å². The summed E-state index contributed by atoms with van der Waals surface area (Å²) in [6, 6.07) is 16.5. The fourth-order valence-electron chi connectivity index (χ4n) is 2.59. The van der Waals surface area contributed by atoms with Crippen molar-refractivity contribution in [1.29, 1.82) is 0 Å². The summed E-state index contributed by atoms with van der Waals surface area (Å²) in [5.41, 5.74) is 2.35. The second kappa shape index (κ2) is 4.80. The third-order valence-electron chi connectivity index (χ3n) is 3.59. The number of anilines is 1. The van der Waals surface area contributed by atoms with Gasteiger partial charge < -0.3 is 10.1 Å². The Morgan fingerprint density at radius 2 is 2.00 bits per heavy atom. The van der Waals surface area contributed by atoms with Gasteiger partial charge in [0.05, 0.1) is 12.1 Å². The van der Waals surface area contributed by atoms with Crippen LogP contribution in [0.15, 0.2) is 48.5 Å². The van der Waals surface area contributed by atoms with Crippen molar-refractivity contribution in [3.63, 3.8) is 0 Å². The zero-order chi connectivity index (χ0) is 13.4. The molecule has 1 aromatic heterocycles. The molecule has 0 amide bonds. The van der Waals surface area contributed by atoms with Crippen LogP contribution in [0.1, 0.15) is 5.56 Å². The summed E-state index contributed by atoms with van der Waals surface area (Å²) in [4.78, 5) is 0. The van der Waals surface area contributed by atoms with Gasteiger partial charge in [0, 0.05) is 11.8 Å². The van der Waals surface area contributed by atoms with Crippen LogP contribution in [-0.4, -0.2) is 17.0 Å². The Balaban J connectivity index is 1.47. The number of para-hydroxylation sites is 1. The highest BCUT2D eigenvalue weighted by molar-refractivity contribution is 7.11. The first-order valence-corrected chi connectivity index (χ1v) is 7.50. The van der Waals surface area contributed by atoms with Gasteiger partial charge in [-0.1, -0.05) is 30.3 Å². The van der Waals surface area contributed by atoms with Crippen LogP contribution in [0.2, 0.25) is 0 Å². The zero-order valence-electron chi connectivity index (χ0n) is 10.9. The van der Waals surface area contributed by atoms with Crippen molar-refractivity contribution in [3.05, 3.63) is 54.1 Å². The van der Waals surface area contributed by atoms with Gasteiger partial charge >= 0.3 is 0 Å². The highest BCUT2D eigenvalue weighted by atomic mass is 32.1. The van der Waals surface area contributed by atoms with Crippen LogP contribution in [0.5, 0.6) is 5.75 Å². The van der Waals surface area contributed by atoms with E-state index in [0.29, 0.717) is 0 Å². The molecule has 0 saturated heterocycles. The van der Waals surface area contributed by atoms with Crippen LogP contribution >= 0.6 is 11.5 Å². The largest absolute Gasteiger partial charge is 0.488 e. The SMILES string of the molecule is c1ccc2c(c1)CC(CNc1snc3ccccc13)O2. The lowest BCUT2D eigenvalue weighted by Crippen LogP contribution is -2.23. The van der Waals surface area contributed by atoms with E-state index in [0.717, 1.165) is 29.2 Å². The summed E-state index contributed by atoms with van der Waals surface area (Å²) < 4.78 is 10.4. The van der Waals surface area contributed by atoms with Gasteiger partial charge in [0.1, 0.15) is 16.9 Å². The molecule has 3 aromatic rings. The molecule has 1 unspecified atom stereocenters. The van der Waals surface area contributed by atoms with Gasteiger partial charge in [-0.25, -0.2) is 0 Å². The highest BCUT2D eigenvalue weighted by Crippen LogP contribution is 2.30. The molecule has 4 heteroatoms. The number of hydrogen-bond donors (Lipinski definition) is 1. The van der Waals surface area contributed by atoms with Crippen LogP contribution < -0.4 is 10.1 Å². The van der Waals surface area contributed by atoms with Gasteiger partial charge in [-0.2, -0.15) is 4.37 Å². The fraction of sp³-hybridized carbons (Fsp3) is 0.188. The molecule has 0 fully saturated rings. The average Bonchev–Trinajstić information content (AvgIpc) is 3.08. The predicted octanol–water partition coefficient (Wildman–Crippen LogP) is 3.71. The normalized spacial score (nSPS) is 16.9. The van der Waals surface area contributed by atoms with Crippen LogP contribution in [-0.2, 0) is 6.42 Å². The van der Waals surface area contributed by atoms with Gasteiger partial charge in [0.15, 0.2) is 0 Å². The molecule has 4 rings (SSSR count). The van der Waals surface area contributed by atoms with Crippen molar-refractivity contribution >= 4 is 27.4 Å². The van der Waals surface area contributed by atoms with Crippen molar-refractivity contribution in [2.45, 2.75) is 12.5 Å². The smallest absolute Gasteiger partial charge is 0.123 e. The van der Waals surface area contributed by atoms with E-state index in [9.17, 15) is 0 Å². The van der Waals surface area contributed by atoms with Crippen molar-refractivity contribution in [1.82, 2.24) is 4.37 Å². The number of ether oxygens (including phenoxy) is 1. The van der Waals surface area contributed by atoms with Gasteiger partial charge in [0.2, 0.25) is 0 Å². The Morgan fingerprint density at radius 3 is 2.95 bits per heavy atom. The van der Waals surface area contributed by atoms with Crippen LogP contribution in [0.3, 0.4) is 0 Å². The molecule has 1 atom stereocenters. The standard InChI is InChI=1S/C16H14N2OS/c1-4-8-15-11(5-1)9-12(19-15)10-17-16-13-6-2-3-7-14(13)18-20-16/h1-8,12,17H,9-10H2. The van der Waals surface area contributed by atoms with Gasteiger partial charge in [0.25, 0.3) is 0 Å². The summed E-state index contributed by atoms with van der Waals surface area (Å²) in [5.74, 6) is 1.02. The van der Waals surface area contributed by atoms with E-state index in [-0.39, 0.29) is 6.10 Å². The summed E-state index contributed by atoms with van der Waals surface area (Å²) in [6.45, 7) is 0.806. The molecule has 1 aliphatic rings. The highest BCUT2D eigenvalue weighted by Gasteiger charge is 2.22. The second-order valence-corrected chi connectivity index (χ2v) is 5.73. The molecule has 0 bridgehead atoms. The molecule has 1 N–H and O–H groups in total. The third kappa shape index (κ3) is 2.02. The van der Waals surface area contributed by atoms with Crippen LogP contribution in [0, 0.1) is 0 Å². The Hall–Kier alpha value is -2.07. The molecule has 1 aliphatic heterocycles. The summed E-state index contributed by atoms with van der Waals surface area (Å²) in [7, 11) is 0. The van der Waals surface area contributed by atoms with Gasteiger partial charge in [-0.15, -0.1) is 0 Å². The number of fused-ring (bicyclic) bond motifs is 2. The minimum absolute atomic E-state index is 0.202. The number of rotatable bonds is 3. The Morgan fingerprint density at radius 1 is 1.15 bits per heavy atom. The minimum Gasteiger partial charge on any atom is -0.488 e. The molecule has 2 aromatic carbocycles. The second-order valence-electron chi connectivity index (χ2n) is 4.96. The minimum atomic E-state index is 0.202. The lowest BCUT2D eigenvalue weighted by Gasteiger charge is -2.11. The van der Waals surface area contributed by atoms with E-state index in [1.54, 1.807) is 0 Å². The molecule has 3 nitrogen and oxygen atoms in total. The molecule has 20 heavy (non-hydrogen) atoms. The third-order valence-corrected chi connectivity index (χ3v) is 4.42. The Bertz CT molecular complexity index is 728. The van der Waals surface area contributed by atoms with E-state index < -0.39 is 0 Å². The maximum atomic E-state index is 5.94. The first kappa shape index (κ1) is 11.7.